The van der Waals surface area contributed by atoms with Gasteiger partial charge >= 0.3 is 0 Å². The van der Waals surface area contributed by atoms with Gasteiger partial charge in [-0.15, -0.1) is 24.0 Å². The summed E-state index contributed by atoms with van der Waals surface area (Å²) in [6.45, 7) is 5.93. The third kappa shape index (κ3) is 5.30. The lowest BCUT2D eigenvalue weighted by Crippen LogP contribution is -2.49. The van der Waals surface area contributed by atoms with Crippen LogP contribution in [-0.2, 0) is 13.6 Å². The Labute approximate surface area is 155 Å². The molecule has 1 aliphatic carbocycles. The zero-order chi connectivity index (χ0) is 15.4. The molecule has 1 aromatic heterocycles. The molecule has 1 aliphatic heterocycles. The van der Waals surface area contributed by atoms with Gasteiger partial charge in [0, 0.05) is 38.8 Å². The number of piperidine rings is 1. The van der Waals surface area contributed by atoms with Crippen LogP contribution in [0.25, 0.3) is 0 Å². The van der Waals surface area contributed by atoms with E-state index in [4.69, 9.17) is 0 Å². The van der Waals surface area contributed by atoms with E-state index >= 15 is 0 Å². The molecule has 0 unspecified atom stereocenters. The SMILES string of the molecule is CCNC(=NCc1ncnn1C)NC1CCN(C2CC2)CC1.I. The highest BCUT2D eigenvalue weighted by Crippen LogP contribution is 2.29. The van der Waals surface area contributed by atoms with Crippen LogP contribution in [0.5, 0.6) is 0 Å². The Morgan fingerprint density at radius 2 is 2.04 bits per heavy atom. The van der Waals surface area contributed by atoms with Crippen molar-refractivity contribution in [1.82, 2.24) is 30.3 Å². The second kappa shape index (κ2) is 8.81. The number of hydrogen-bond acceptors (Lipinski definition) is 4. The number of guanidine groups is 1. The Kier molecular flexibility index (Phi) is 7.07. The van der Waals surface area contributed by atoms with Crippen LogP contribution in [0, 0.1) is 0 Å². The molecule has 0 spiro atoms. The summed E-state index contributed by atoms with van der Waals surface area (Å²) in [6.07, 6.45) is 6.77. The van der Waals surface area contributed by atoms with Gasteiger partial charge in [-0.1, -0.05) is 0 Å². The first-order chi connectivity index (χ1) is 10.8. The molecule has 2 heterocycles. The summed E-state index contributed by atoms with van der Waals surface area (Å²) in [6, 6.07) is 1.41. The number of nitrogens with one attached hydrogen (secondary N) is 2. The Balaban J connectivity index is 0.00000192. The average molecular weight is 433 g/mol. The molecule has 1 saturated carbocycles. The Hall–Kier alpha value is -0.900. The van der Waals surface area contributed by atoms with Crippen molar-refractivity contribution in [3.63, 3.8) is 0 Å². The van der Waals surface area contributed by atoms with Crippen molar-refractivity contribution < 1.29 is 0 Å². The first kappa shape index (κ1) is 18.4. The molecule has 0 bridgehead atoms. The van der Waals surface area contributed by atoms with Crippen molar-refractivity contribution in [3.05, 3.63) is 12.2 Å². The van der Waals surface area contributed by atoms with E-state index in [0.29, 0.717) is 12.6 Å². The maximum atomic E-state index is 4.63. The van der Waals surface area contributed by atoms with E-state index in [0.717, 1.165) is 24.4 Å². The van der Waals surface area contributed by atoms with Gasteiger partial charge in [0.15, 0.2) is 5.96 Å². The van der Waals surface area contributed by atoms with Crippen molar-refractivity contribution in [3.8, 4) is 0 Å². The second-order valence-corrected chi connectivity index (χ2v) is 6.18. The standard InChI is InChI=1S/C15H27N7.HI/c1-3-16-15(17-10-14-18-11-19-21(14)2)20-12-6-8-22(9-7-12)13-4-5-13;/h11-13H,3-10H2,1-2H3,(H2,16,17,20);1H. The quantitative estimate of drug-likeness (QED) is 0.414. The smallest absolute Gasteiger partial charge is 0.191 e. The van der Waals surface area contributed by atoms with Crippen molar-refractivity contribution >= 4 is 29.9 Å². The molecule has 0 atom stereocenters. The number of nitrogens with zero attached hydrogens (tertiary/aromatic N) is 5. The molecule has 0 amide bonds. The summed E-state index contributed by atoms with van der Waals surface area (Å²) in [7, 11) is 1.89. The van der Waals surface area contributed by atoms with Crippen LogP contribution in [0.4, 0.5) is 0 Å². The lowest BCUT2D eigenvalue weighted by atomic mass is 10.1. The number of aromatic nitrogens is 3. The minimum Gasteiger partial charge on any atom is -0.357 e. The van der Waals surface area contributed by atoms with E-state index in [1.54, 1.807) is 11.0 Å². The van der Waals surface area contributed by atoms with Crippen LogP contribution < -0.4 is 10.6 Å². The van der Waals surface area contributed by atoms with Crippen molar-refractivity contribution in [2.45, 2.75) is 51.2 Å². The maximum absolute atomic E-state index is 4.63. The molecule has 3 rings (SSSR count). The predicted molar refractivity (Wildman–Crippen MR) is 102 cm³/mol. The highest BCUT2D eigenvalue weighted by molar-refractivity contribution is 14.0. The van der Waals surface area contributed by atoms with Crippen LogP contribution in [0.2, 0.25) is 0 Å². The van der Waals surface area contributed by atoms with Gasteiger partial charge in [-0.2, -0.15) is 5.10 Å². The number of rotatable bonds is 5. The number of aryl methyl sites for hydroxylation is 1. The largest absolute Gasteiger partial charge is 0.357 e. The van der Waals surface area contributed by atoms with Crippen LogP contribution in [0.1, 0.15) is 38.4 Å². The first-order valence-corrected chi connectivity index (χ1v) is 8.38. The zero-order valence-corrected chi connectivity index (χ0v) is 16.4. The van der Waals surface area contributed by atoms with E-state index < -0.39 is 0 Å². The van der Waals surface area contributed by atoms with Gasteiger partial charge in [-0.05, 0) is 32.6 Å². The number of hydrogen-bond donors (Lipinski definition) is 2. The van der Waals surface area contributed by atoms with E-state index in [1.807, 2.05) is 7.05 Å². The topological polar surface area (TPSA) is 70.4 Å². The van der Waals surface area contributed by atoms with Gasteiger partial charge in [0.1, 0.15) is 18.7 Å². The van der Waals surface area contributed by atoms with Gasteiger partial charge < -0.3 is 15.5 Å². The second-order valence-electron chi connectivity index (χ2n) is 6.18. The summed E-state index contributed by atoms with van der Waals surface area (Å²) < 4.78 is 1.77. The molecule has 2 aliphatic rings. The molecular formula is C15H28IN7. The van der Waals surface area contributed by atoms with Gasteiger partial charge in [-0.3, -0.25) is 4.68 Å². The molecule has 0 aromatic carbocycles. The van der Waals surface area contributed by atoms with E-state index in [9.17, 15) is 0 Å². The van der Waals surface area contributed by atoms with E-state index in [1.165, 1.54) is 38.8 Å². The molecule has 2 fully saturated rings. The van der Waals surface area contributed by atoms with Gasteiger partial charge in [0.25, 0.3) is 0 Å². The normalized spacial score (nSPS) is 20.2. The number of aliphatic imine (C=N–C) groups is 1. The fourth-order valence-corrected chi connectivity index (χ4v) is 2.98. The summed E-state index contributed by atoms with van der Waals surface area (Å²) in [4.78, 5) is 11.5. The molecule has 2 N–H and O–H groups in total. The fourth-order valence-electron chi connectivity index (χ4n) is 2.98. The van der Waals surface area contributed by atoms with Crippen LogP contribution >= 0.6 is 24.0 Å². The van der Waals surface area contributed by atoms with Crippen molar-refractivity contribution in [2.75, 3.05) is 19.6 Å². The minimum absolute atomic E-state index is 0. The van der Waals surface area contributed by atoms with E-state index in [-0.39, 0.29) is 24.0 Å². The highest BCUT2D eigenvalue weighted by atomic mass is 127. The molecule has 23 heavy (non-hydrogen) atoms. The maximum Gasteiger partial charge on any atom is 0.191 e. The number of halogens is 1. The third-order valence-electron chi connectivity index (χ3n) is 4.46. The Bertz CT molecular complexity index is 504. The van der Waals surface area contributed by atoms with Crippen LogP contribution in [-0.4, -0.2) is 57.3 Å². The summed E-state index contributed by atoms with van der Waals surface area (Å²) in [5, 5.41) is 11.0. The Morgan fingerprint density at radius 1 is 1.30 bits per heavy atom. The molecular weight excluding hydrogens is 405 g/mol. The van der Waals surface area contributed by atoms with Crippen molar-refractivity contribution in [2.24, 2.45) is 12.0 Å². The molecule has 7 nitrogen and oxygen atoms in total. The van der Waals surface area contributed by atoms with E-state index in [2.05, 4.69) is 37.5 Å². The first-order valence-electron chi connectivity index (χ1n) is 8.38. The highest BCUT2D eigenvalue weighted by Gasteiger charge is 2.31. The Morgan fingerprint density at radius 3 is 2.61 bits per heavy atom. The molecule has 1 saturated heterocycles. The zero-order valence-electron chi connectivity index (χ0n) is 14.0. The molecule has 0 radical (unpaired) electrons. The third-order valence-corrected chi connectivity index (χ3v) is 4.46. The minimum atomic E-state index is 0. The van der Waals surface area contributed by atoms with Crippen LogP contribution in [0.3, 0.4) is 0 Å². The van der Waals surface area contributed by atoms with Gasteiger partial charge in [0.05, 0.1) is 0 Å². The molecule has 130 valence electrons. The van der Waals surface area contributed by atoms with Crippen LogP contribution in [0.15, 0.2) is 11.3 Å². The molecule has 8 heteroatoms. The summed E-state index contributed by atoms with van der Waals surface area (Å²) in [5.74, 6) is 1.76. The lowest BCUT2D eigenvalue weighted by Gasteiger charge is -2.33. The monoisotopic (exact) mass is 433 g/mol. The fraction of sp³-hybridized carbons (Fsp3) is 0.800. The van der Waals surface area contributed by atoms with Crippen molar-refractivity contribution in [1.29, 1.82) is 0 Å². The van der Waals surface area contributed by atoms with Gasteiger partial charge in [-0.25, -0.2) is 9.98 Å². The summed E-state index contributed by atoms with van der Waals surface area (Å²) in [5.41, 5.74) is 0. The van der Waals surface area contributed by atoms with Gasteiger partial charge in [0.2, 0.25) is 0 Å². The predicted octanol–water partition coefficient (Wildman–Crippen LogP) is 1.11. The number of likely N-dealkylation sites (tertiary alicyclic amines) is 1. The molecule has 1 aromatic rings. The lowest BCUT2D eigenvalue weighted by molar-refractivity contribution is 0.197. The summed E-state index contributed by atoms with van der Waals surface area (Å²) >= 11 is 0. The average Bonchev–Trinajstić information content (AvgIpc) is 3.29.